The predicted octanol–water partition coefficient (Wildman–Crippen LogP) is 11.4. The normalized spacial score (nSPS) is 11.4. The molecule has 0 bridgehead atoms. The van der Waals surface area contributed by atoms with Crippen molar-refractivity contribution in [3.8, 4) is 57.0 Å². The lowest BCUT2D eigenvalue weighted by atomic mass is 9.98. The van der Waals surface area contributed by atoms with Gasteiger partial charge in [0.15, 0.2) is 11.6 Å². The van der Waals surface area contributed by atoms with Gasteiger partial charge in [0.25, 0.3) is 0 Å². The molecule has 0 unspecified atom stereocenters. The smallest absolute Gasteiger partial charge is 0.238 e. The maximum absolute atomic E-state index is 9.55. The fraction of sp³-hybridized carbons (Fsp3) is 0. The van der Waals surface area contributed by atoms with Crippen molar-refractivity contribution in [2.75, 3.05) is 0 Å². The fourth-order valence-corrected chi connectivity index (χ4v) is 7.29. The lowest BCUT2D eigenvalue weighted by molar-refractivity contribution is 0.669. The van der Waals surface area contributed by atoms with Gasteiger partial charge in [-0.15, -0.1) is 0 Å². The van der Waals surface area contributed by atoms with E-state index in [-0.39, 0.29) is 0 Å². The van der Waals surface area contributed by atoms with Crippen molar-refractivity contribution in [3.05, 3.63) is 169 Å². The van der Waals surface area contributed by atoms with E-state index in [4.69, 9.17) is 19.4 Å². The van der Waals surface area contributed by atoms with Crippen molar-refractivity contribution >= 4 is 43.7 Å². The third-order valence-electron chi connectivity index (χ3n) is 9.69. The van der Waals surface area contributed by atoms with E-state index >= 15 is 0 Å². The Kier molecular flexibility index (Phi) is 6.76. The highest BCUT2D eigenvalue weighted by Crippen LogP contribution is 2.39. The summed E-state index contributed by atoms with van der Waals surface area (Å²) in [5.74, 6) is 1.65. The lowest BCUT2D eigenvalue weighted by Crippen LogP contribution is -2.06. The minimum Gasteiger partial charge on any atom is -0.456 e. The molecule has 3 heterocycles. The topological polar surface area (TPSA) is 80.5 Å². The molecule has 0 amide bonds. The van der Waals surface area contributed by atoms with Crippen LogP contribution in [0.3, 0.4) is 0 Å². The molecule has 6 nitrogen and oxygen atoms in total. The highest BCUT2D eigenvalue weighted by atomic mass is 16.3. The zero-order valence-electron chi connectivity index (χ0n) is 27.7. The summed E-state index contributed by atoms with van der Waals surface area (Å²) in [6.07, 6.45) is 0. The second kappa shape index (κ2) is 11.9. The molecule has 0 saturated heterocycles. The standard InChI is InChI=1S/C46H27N5O/c47-28-29-11-8-15-32(25-29)35-19-10-22-41-43(35)38-24-23-34(27-42(38)52-41)45-48-44(33-16-9-14-31(26-33)30-12-2-1-3-13-30)49-46(50-45)51-39-20-6-4-17-36(39)37-18-5-7-21-40(37)51/h1-27H. The molecule has 0 spiro atoms. The van der Waals surface area contributed by atoms with E-state index in [1.54, 1.807) is 0 Å². The molecule has 0 aliphatic carbocycles. The van der Waals surface area contributed by atoms with Crippen molar-refractivity contribution < 1.29 is 4.42 Å². The Hall–Kier alpha value is -7.36. The Morgan fingerprint density at radius 3 is 1.87 bits per heavy atom. The van der Waals surface area contributed by atoms with E-state index in [2.05, 4.69) is 89.5 Å². The van der Waals surface area contributed by atoms with E-state index in [1.165, 1.54) is 0 Å². The average molecular weight is 666 g/mol. The van der Waals surface area contributed by atoms with Gasteiger partial charge in [0, 0.05) is 32.7 Å². The van der Waals surface area contributed by atoms with E-state index in [0.29, 0.717) is 23.2 Å². The molecule has 0 atom stereocenters. The van der Waals surface area contributed by atoms with Gasteiger partial charge in [-0.05, 0) is 70.8 Å². The molecular weight excluding hydrogens is 639 g/mol. The minimum atomic E-state index is 0.534. The van der Waals surface area contributed by atoms with Crippen LogP contribution in [0.4, 0.5) is 0 Å². The van der Waals surface area contributed by atoms with E-state index < -0.39 is 0 Å². The van der Waals surface area contributed by atoms with Crippen molar-refractivity contribution in [2.24, 2.45) is 0 Å². The first kappa shape index (κ1) is 29.5. The molecule has 6 heteroatoms. The number of nitrogens with zero attached hydrogens (tertiary/aromatic N) is 5. The summed E-state index contributed by atoms with van der Waals surface area (Å²) in [4.78, 5) is 15.4. The van der Waals surface area contributed by atoms with Crippen LogP contribution in [0.25, 0.3) is 94.7 Å². The Labute approximate surface area is 298 Å². The van der Waals surface area contributed by atoms with Gasteiger partial charge >= 0.3 is 0 Å². The zero-order valence-corrected chi connectivity index (χ0v) is 27.7. The molecule has 0 aliphatic heterocycles. The largest absolute Gasteiger partial charge is 0.456 e. The van der Waals surface area contributed by atoms with Crippen LogP contribution in [0.15, 0.2) is 168 Å². The number of benzene rings is 7. The third-order valence-corrected chi connectivity index (χ3v) is 9.69. The van der Waals surface area contributed by atoms with Gasteiger partial charge in [0.1, 0.15) is 11.2 Å². The number of hydrogen-bond donors (Lipinski definition) is 0. The van der Waals surface area contributed by atoms with Gasteiger partial charge in [-0.2, -0.15) is 15.2 Å². The fourth-order valence-electron chi connectivity index (χ4n) is 7.29. The maximum Gasteiger partial charge on any atom is 0.238 e. The van der Waals surface area contributed by atoms with Gasteiger partial charge in [0.05, 0.1) is 22.7 Å². The van der Waals surface area contributed by atoms with Crippen molar-refractivity contribution in [2.45, 2.75) is 0 Å². The molecule has 0 saturated carbocycles. The first-order valence-corrected chi connectivity index (χ1v) is 17.1. The summed E-state index contributed by atoms with van der Waals surface area (Å²) in [6.45, 7) is 0. The van der Waals surface area contributed by atoms with E-state index in [9.17, 15) is 5.26 Å². The van der Waals surface area contributed by atoms with Crippen LogP contribution in [0.5, 0.6) is 0 Å². The number of hydrogen-bond acceptors (Lipinski definition) is 5. The Morgan fingerprint density at radius 1 is 0.462 bits per heavy atom. The van der Waals surface area contributed by atoms with Crippen LogP contribution >= 0.6 is 0 Å². The average Bonchev–Trinajstić information content (AvgIpc) is 3.77. The number of fused-ring (bicyclic) bond motifs is 6. The third kappa shape index (κ3) is 4.84. The lowest BCUT2D eigenvalue weighted by Gasteiger charge is -2.11. The Morgan fingerprint density at radius 2 is 1.10 bits per heavy atom. The molecule has 0 N–H and O–H groups in total. The van der Waals surface area contributed by atoms with Crippen LogP contribution in [0.1, 0.15) is 5.56 Å². The highest BCUT2D eigenvalue weighted by molar-refractivity contribution is 6.13. The maximum atomic E-state index is 9.55. The zero-order chi connectivity index (χ0) is 34.6. The van der Waals surface area contributed by atoms with E-state index in [0.717, 1.165) is 77.1 Å². The van der Waals surface area contributed by atoms with Crippen molar-refractivity contribution in [1.82, 2.24) is 19.5 Å². The number of rotatable bonds is 5. The summed E-state index contributed by atoms with van der Waals surface area (Å²) < 4.78 is 8.62. The number of furan rings is 1. The van der Waals surface area contributed by atoms with E-state index in [1.807, 2.05) is 84.9 Å². The summed E-state index contributed by atoms with van der Waals surface area (Å²) >= 11 is 0. The number of para-hydroxylation sites is 2. The molecule has 52 heavy (non-hydrogen) atoms. The van der Waals surface area contributed by atoms with Gasteiger partial charge in [0.2, 0.25) is 5.95 Å². The van der Waals surface area contributed by atoms with Crippen LogP contribution in [0.2, 0.25) is 0 Å². The van der Waals surface area contributed by atoms with Gasteiger partial charge in [-0.25, -0.2) is 4.98 Å². The molecule has 10 aromatic rings. The quantitative estimate of drug-likeness (QED) is 0.183. The van der Waals surface area contributed by atoms with Crippen LogP contribution in [-0.4, -0.2) is 19.5 Å². The van der Waals surface area contributed by atoms with Crippen LogP contribution in [-0.2, 0) is 0 Å². The summed E-state index contributed by atoms with van der Waals surface area (Å²) in [5.41, 5.74) is 10.0. The van der Waals surface area contributed by atoms with Gasteiger partial charge < -0.3 is 4.42 Å². The second-order valence-corrected chi connectivity index (χ2v) is 12.8. The molecule has 242 valence electrons. The Bertz CT molecular complexity index is 2990. The first-order chi connectivity index (χ1) is 25.7. The molecule has 0 fully saturated rings. The van der Waals surface area contributed by atoms with Crippen molar-refractivity contribution in [3.63, 3.8) is 0 Å². The van der Waals surface area contributed by atoms with Gasteiger partial charge in [-0.3, -0.25) is 4.57 Å². The first-order valence-electron chi connectivity index (χ1n) is 17.1. The molecule has 7 aromatic carbocycles. The molecule has 0 aliphatic rings. The van der Waals surface area contributed by atoms with Crippen LogP contribution in [0, 0.1) is 11.3 Å². The SMILES string of the molecule is N#Cc1cccc(-c2cccc3oc4cc(-c5nc(-c6cccc(-c7ccccc7)c6)nc(-n6c7ccccc7c7ccccc76)n5)ccc4c23)c1. The highest BCUT2D eigenvalue weighted by Gasteiger charge is 2.19. The molecule has 10 rings (SSSR count). The van der Waals surface area contributed by atoms with Crippen LogP contribution < -0.4 is 0 Å². The number of nitriles is 1. The summed E-state index contributed by atoms with van der Waals surface area (Å²) in [7, 11) is 0. The molecule has 3 aromatic heterocycles. The summed E-state index contributed by atoms with van der Waals surface area (Å²) in [6, 6.07) is 57.5. The molecular formula is C46H27N5O. The van der Waals surface area contributed by atoms with Gasteiger partial charge in [-0.1, -0.05) is 115 Å². The summed E-state index contributed by atoms with van der Waals surface area (Å²) in [5, 5.41) is 13.8. The number of aromatic nitrogens is 4. The molecule has 0 radical (unpaired) electrons. The minimum absolute atomic E-state index is 0.534. The second-order valence-electron chi connectivity index (χ2n) is 12.8. The predicted molar refractivity (Wildman–Crippen MR) is 208 cm³/mol. The monoisotopic (exact) mass is 665 g/mol. The van der Waals surface area contributed by atoms with Crippen molar-refractivity contribution in [1.29, 1.82) is 5.26 Å². The Balaban J connectivity index is 1.19.